The van der Waals surface area contributed by atoms with E-state index >= 15 is 0 Å². The van der Waals surface area contributed by atoms with Crippen LogP contribution in [0.3, 0.4) is 0 Å². The third kappa shape index (κ3) is 3.80. The van der Waals surface area contributed by atoms with Crippen molar-refractivity contribution < 1.29 is 14.3 Å². The molecule has 1 fully saturated rings. The number of carbonyl (C=O) groups is 1. The zero-order valence-electron chi connectivity index (χ0n) is 9.73. The minimum absolute atomic E-state index is 0.0335. The van der Waals surface area contributed by atoms with E-state index in [1.807, 2.05) is 20.8 Å². The van der Waals surface area contributed by atoms with Gasteiger partial charge in [-0.15, -0.1) is 0 Å². The van der Waals surface area contributed by atoms with Crippen molar-refractivity contribution in [1.29, 1.82) is 0 Å². The highest BCUT2D eigenvalue weighted by Gasteiger charge is 2.28. The Morgan fingerprint density at radius 2 is 2.00 bits per heavy atom. The van der Waals surface area contributed by atoms with Crippen molar-refractivity contribution in [2.45, 2.75) is 64.4 Å². The van der Waals surface area contributed by atoms with Gasteiger partial charge < -0.3 is 15.2 Å². The van der Waals surface area contributed by atoms with E-state index in [1.165, 1.54) is 0 Å². The highest BCUT2D eigenvalue weighted by atomic mass is 16.6. The molecule has 1 aliphatic heterocycles. The average Bonchev–Trinajstić information content (AvgIpc) is 2.14. The molecule has 0 aromatic rings. The monoisotopic (exact) mass is 215 g/mol. The summed E-state index contributed by atoms with van der Waals surface area (Å²) < 4.78 is 10.9. The molecule has 2 N–H and O–H groups in total. The van der Waals surface area contributed by atoms with E-state index in [-0.39, 0.29) is 24.3 Å². The van der Waals surface area contributed by atoms with Crippen LogP contribution in [0.25, 0.3) is 0 Å². The number of rotatable bonds is 3. The molecule has 4 heteroatoms. The minimum Gasteiger partial charge on any atom is -0.461 e. The topological polar surface area (TPSA) is 61.6 Å². The largest absolute Gasteiger partial charge is 0.461 e. The molecule has 88 valence electrons. The summed E-state index contributed by atoms with van der Waals surface area (Å²) >= 11 is 0. The molecule has 0 radical (unpaired) electrons. The minimum atomic E-state index is -0.488. The summed E-state index contributed by atoms with van der Waals surface area (Å²) in [6.07, 6.45) is 2.44. The van der Waals surface area contributed by atoms with Crippen LogP contribution in [0.4, 0.5) is 0 Å². The lowest BCUT2D eigenvalue weighted by atomic mass is 10.0. The van der Waals surface area contributed by atoms with Crippen molar-refractivity contribution in [3.05, 3.63) is 0 Å². The summed E-state index contributed by atoms with van der Waals surface area (Å²) in [5, 5.41) is 0. The van der Waals surface area contributed by atoms with Gasteiger partial charge in [-0.1, -0.05) is 6.92 Å². The molecule has 0 aliphatic carbocycles. The van der Waals surface area contributed by atoms with Crippen LogP contribution >= 0.6 is 0 Å². The van der Waals surface area contributed by atoms with Crippen LogP contribution in [0, 0.1) is 0 Å². The Kier molecular flexibility index (Phi) is 4.54. The highest BCUT2D eigenvalue weighted by molar-refractivity contribution is 5.75. The predicted molar refractivity (Wildman–Crippen MR) is 57.4 cm³/mol. The van der Waals surface area contributed by atoms with Crippen molar-refractivity contribution in [3.8, 4) is 0 Å². The SMILES string of the molecule is CC[C@H](N)C(=O)OC1CC(C)OC(C)C1. The van der Waals surface area contributed by atoms with Gasteiger partial charge in [-0.3, -0.25) is 4.79 Å². The van der Waals surface area contributed by atoms with Gasteiger partial charge in [0.1, 0.15) is 12.1 Å². The van der Waals surface area contributed by atoms with E-state index in [2.05, 4.69) is 0 Å². The summed E-state index contributed by atoms with van der Waals surface area (Å²) in [7, 11) is 0. The molecule has 1 rings (SSSR count). The Bertz CT molecular complexity index is 210. The predicted octanol–water partition coefficient (Wildman–Crippen LogP) is 1.22. The highest BCUT2D eigenvalue weighted by Crippen LogP contribution is 2.21. The number of carbonyl (C=O) groups excluding carboxylic acids is 1. The molecule has 3 atom stereocenters. The first-order chi connectivity index (χ1) is 7.02. The summed E-state index contributed by atoms with van der Waals surface area (Å²) in [5.74, 6) is -0.288. The fourth-order valence-electron chi connectivity index (χ4n) is 1.86. The first-order valence-corrected chi connectivity index (χ1v) is 5.64. The Morgan fingerprint density at radius 1 is 1.47 bits per heavy atom. The van der Waals surface area contributed by atoms with E-state index in [0.717, 1.165) is 12.8 Å². The van der Waals surface area contributed by atoms with Gasteiger partial charge in [0.05, 0.1) is 12.2 Å². The third-order valence-electron chi connectivity index (χ3n) is 2.68. The quantitative estimate of drug-likeness (QED) is 0.719. The number of nitrogens with two attached hydrogens (primary N) is 1. The van der Waals surface area contributed by atoms with E-state index in [0.29, 0.717) is 6.42 Å². The van der Waals surface area contributed by atoms with E-state index < -0.39 is 6.04 Å². The molecule has 4 nitrogen and oxygen atoms in total. The fraction of sp³-hybridized carbons (Fsp3) is 0.909. The van der Waals surface area contributed by atoms with Crippen LogP contribution in [-0.4, -0.2) is 30.3 Å². The summed E-state index contributed by atoms with van der Waals surface area (Å²) in [4.78, 5) is 11.5. The van der Waals surface area contributed by atoms with Crippen LogP contribution in [0.15, 0.2) is 0 Å². The molecule has 0 spiro atoms. The molecular formula is C11H21NO3. The van der Waals surface area contributed by atoms with Crippen LogP contribution in [0.2, 0.25) is 0 Å². The van der Waals surface area contributed by atoms with Crippen molar-refractivity contribution in [2.75, 3.05) is 0 Å². The first-order valence-electron chi connectivity index (χ1n) is 5.64. The second kappa shape index (κ2) is 5.47. The molecule has 1 heterocycles. The van der Waals surface area contributed by atoms with Crippen LogP contribution in [0.1, 0.15) is 40.0 Å². The van der Waals surface area contributed by atoms with Crippen molar-refractivity contribution in [1.82, 2.24) is 0 Å². The van der Waals surface area contributed by atoms with Gasteiger partial charge >= 0.3 is 5.97 Å². The zero-order valence-corrected chi connectivity index (χ0v) is 9.73. The van der Waals surface area contributed by atoms with Crippen molar-refractivity contribution >= 4 is 5.97 Å². The summed E-state index contributed by atoms with van der Waals surface area (Å²) in [5.41, 5.74) is 5.60. The molecule has 1 saturated heterocycles. The molecule has 0 aromatic heterocycles. The maximum atomic E-state index is 11.5. The number of hydrogen-bond donors (Lipinski definition) is 1. The second-order valence-corrected chi connectivity index (χ2v) is 4.30. The zero-order chi connectivity index (χ0) is 11.4. The average molecular weight is 215 g/mol. The van der Waals surface area contributed by atoms with E-state index in [1.54, 1.807) is 0 Å². The summed E-state index contributed by atoms with van der Waals surface area (Å²) in [6.45, 7) is 5.87. The van der Waals surface area contributed by atoms with Crippen LogP contribution in [0.5, 0.6) is 0 Å². The molecule has 2 unspecified atom stereocenters. The van der Waals surface area contributed by atoms with Gasteiger partial charge in [-0.25, -0.2) is 0 Å². The lowest BCUT2D eigenvalue weighted by molar-refractivity contribution is -0.161. The fourth-order valence-corrected chi connectivity index (χ4v) is 1.86. The maximum absolute atomic E-state index is 11.5. The smallest absolute Gasteiger partial charge is 0.323 e. The molecule has 0 bridgehead atoms. The van der Waals surface area contributed by atoms with Gasteiger partial charge in [0, 0.05) is 12.8 Å². The Balaban J connectivity index is 2.40. The van der Waals surface area contributed by atoms with Gasteiger partial charge in [0.25, 0.3) is 0 Å². The molecule has 0 aromatic carbocycles. The molecule has 15 heavy (non-hydrogen) atoms. The third-order valence-corrected chi connectivity index (χ3v) is 2.68. The Labute approximate surface area is 91.1 Å². The van der Waals surface area contributed by atoms with Crippen molar-refractivity contribution in [3.63, 3.8) is 0 Å². The normalized spacial score (nSPS) is 33.5. The molecule has 1 aliphatic rings. The van der Waals surface area contributed by atoms with Gasteiger partial charge in [0.15, 0.2) is 0 Å². The lowest BCUT2D eigenvalue weighted by Crippen LogP contribution is -2.39. The van der Waals surface area contributed by atoms with Gasteiger partial charge in [-0.2, -0.15) is 0 Å². The number of ether oxygens (including phenoxy) is 2. The van der Waals surface area contributed by atoms with Gasteiger partial charge in [0.2, 0.25) is 0 Å². The second-order valence-electron chi connectivity index (χ2n) is 4.30. The standard InChI is InChI=1S/C11H21NO3/c1-4-10(12)11(13)15-9-5-7(2)14-8(3)6-9/h7-10H,4-6,12H2,1-3H3/t7?,8?,9?,10-/m0/s1. The summed E-state index contributed by atoms with van der Waals surface area (Å²) in [6, 6.07) is -0.488. The Morgan fingerprint density at radius 3 is 2.47 bits per heavy atom. The first kappa shape index (κ1) is 12.5. The number of hydrogen-bond acceptors (Lipinski definition) is 4. The van der Waals surface area contributed by atoms with Crippen LogP contribution in [-0.2, 0) is 14.3 Å². The molecular weight excluding hydrogens is 194 g/mol. The number of esters is 1. The molecule has 0 amide bonds. The Hall–Kier alpha value is -0.610. The van der Waals surface area contributed by atoms with E-state index in [4.69, 9.17) is 15.2 Å². The molecule has 0 saturated carbocycles. The van der Waals surface area contributed by atoms with E-state index in [9.17, 15) is 4.79 Å². The van der Waals surface area contributed by atoms with Crippen molar-refractivity contribution in [2.24, 2.45) is 5.73 Å². The van der Waals surface area contributed by atoms with Crippen LogP contribution < -0.4 is 5.73 Å². The maximum Gasteiger partial charge on any atom is 0.323 e. The lowest BCUT2D eigenvalue weighted by Gasteiger charge is -2.32. The van der Waals surface area contributed by atoms with Gasteiger partial charge in [-0.05, 0) is 20.3 Å².